The van der Waals surface area contributed by atoms with Crippen molar-refractivity contribution in [1.82, 2.24) is 0 Å². The fourth-order valence-corrected chi connectivity index (χ4v) is 2.13. The van der Waals surface area contributed by atoms with E-state index in [4.69, 9.17) is 14.6 Å². The van der Waals surface area contributed by atoms with Crippen LogP contribution in [0.2, 0.25) is 0 Å². The second kappa shape index (κ2) is 7.29. The van der Waals surface area contributed by atoms with Crippen LogP contribution in [0.1, 0.15) is 34.1 Å². The minimum Gasteiger partial charge on any atom is -0.477 e. The minimum absolute atomic E-state index is 0.196. The summed E-state index contributed by atoms with van der Waals surface area (Å²) in [5.41, 5.74) is 0.196. The Kier molecular flexibility index (Phi) is 6.02. The molecule has 20 heavy (non-hydrogen) atoms. The van der Waals surface area contributed by atoms with Crippen LogP contribution in [0.3, 0.4) is 0 Å². The number of carboxylic acid groups (broad SMARTS) is 1. The van der Waals surface area contributed by atoms with E-state index in [0.29, 0.717) is 12.4 Å². The molecule has 2 atom stereocenters. The molecule has 0 spiro atoms. The molecular formula is C16H24O4. The first-order valence-corrected chi connectivity index (χ1v) is 6.84. The lowest BCUT2D eigenvalue weighted by Crippen LogP contribution is -2.32. The van der Waals surface area contributed by atoms with Crippen LogP contribution in [0.25, 0.3) is 0 Å². The number of hydrogen-bond acceptors (Lipinski definition) is 3. The molecule has 0 amide bonds. The number of para-hydroxylation sites is 1. The van der Waals surface area contributed by atoms with Gasteiger partial charge < -0.3 is 14.6 Å². The smallest absolute Gasteiger partial charge is 0.373 e. The maximum Gasteiger partial charge on any atom is 0.373 e. The molecule has 0 aliphatic carbocycles. The summed E-state index contributed by atoms with van der Waals surface area (Å²) in [5, 5.41) is 9.13. The van der Waals surface area contributed by atoms with Gasteiger partial charge in [-0.05, 0) is 29.9 Å². The van der Waals surface area contributed by atoms with E-state index < -0.39 is 12.3 Å². The normalized spacial score (nSPS) is 14.6. The molecule has 4 heteroatoms. The lowest BCUT2D eigenvalue weighted by atomic mass is 9.86. The number of benzene rings is 1. The third-order valence-corrected chi connectivity index (χ3v) is 2.68. The van der Waals surface area contributed by atoms with E-state index in [1.165, 1.54) is 0 Å². The topological polar surface area (TPSA) is 55.8 Å². The maximum atomic E-state index is 11.2. The standard InChI is InChI=1S/C16H24O4/c1-12(10-16(2,3)4)11-19-15(14(17)18)20-13-8-6-5-7-9-13/h5-9,12,15H,10-11H2,1-4H3,(H,17,18). The first-order valence-electron chi connectivity index (χ1n) is 6.84. The highest BCUT2D eigenvalue weighted by molar-refractivity contribution is 5.71. The molecule has 0 bridgehead atoms. The largest absolute Gasteiger partial charge is 0.477 e. The molecule has 0 aliphatic rings. The second-order valence-electron chi connectivity index (χ2n) is 6.30. The quantitative estimate of drug-likeness (QED) is 0.776. The van der Waals surface area contributed by atoms with Crippen molar-refractivity contribution in [3.8, 4) is 5.75 Å². The van der Waals surface area contributed by atoms with Crippen LogP contribution in [0.15, 0.2) is 30.3 Å². The van der Waals surface area contributed by atoms with E-state index in [2.05, 4.69) is 20.8 Å². The number of aliphatic carboxylic acids is 1. The molecule has 4 nitrogen and oxygen atoms in total. The second-order valence-corrected chi connectivity index (χ2v) is 6.30. The van der Waals surface area contributed by atoms with Crippen molar-refractivity contribution in [2.45, 2.75) is 40.4 Å². The number of ether oxygens (including phenoxy) is 2. The summed E-state index contributed by atoms with van der Waals surface area (Å²) in [4.78, 5) is 11.2. The lowest BCUT2D eigenvalue weighted by molar-refractivity contribution is -0.173. The third kappa shape index (κ3) is 6.57. The molecule has 0 heterocycles. The van der Waals surface area contributed by atoms with Gasteiger partial charge in [-0.25, -0.2) is 4.79 Å². The van der Waals surface area contributed by atoms with Gasteiger partial charge in [-0.2, -0.15) is 0 Å². The average Bonchev–Trinajstić information content (AvgIpc) is 2.33. The molecule has 2 unspecified atom stereocenters. The number of carbonyl (C=O) groups is 1. The van der Waals surface area contributed by atoms with Gasteiger partial charge in [0.05, 0.1) is 6.61 Å². The van der Waals surface area contributed by atoms with Gasteiger partial charge in [-0.3, -0.25) is 0 Å². The summed E-state index contributed by atoms with van der Waals surface area (Å²) in [6.45, 7) is 8.86. The van der Waals surface area contributed by atoms with Crippen molar-refractivity contribution in [2.24, 2.45) is 11.3 Å². The lowest BCUT2D eigenvalue weighted by Gasteiger charge is -2.24. The highest BCUT2D eigenvalue weighted by Crippen LogP contribution is 2.24. The van der Waals surface area contributed by atoms with Crippen LogP contribution in [-0.2, 0) is 9.53 Å². The van der Waals surface area contributed by atoms with Crippen LogP contribution >= 0.6 is 0 Å². The zero-order valence-electron chi connectivity index (χ0n) is 12.6. The Morgan fingerprint density at radius 2 is 1.85 bits per heavy atom. The van der Waals surface area contributed by atoms with Gasteiger partial charge in [0.25, 0.3) is 6.29 Å². The molecule has 0 saturated heterocycles. The molecule has 1 N–H and O–H groups in total. The Morgan fingerprint density at radius 1 is 1.25 bits per heavy atom. The molecule has 1 aromatic rings. The van der Waals surface area contributed by atoms with Crippen LogP contribution in [-0.4, -0.2) is 24.0 Å². The van der Waals surface area contributed by atoms with Crippen molar-refractivity contribution >= 4 is 5.97 Å². The molecule has 0 saturated carbocycles. The van der Waals surface area contributed by atoms with Gasteiger partial charge in [-0.15, -0.1) is 0 Å². The first-order chi connectivity index (χ1) is 9.28. The van der Waals surface area contributed by atoms with Gasteiger partial charge in [0.1, 0.15) is 5.75 Å². The number of rotatable bonds is 7. The van der Waals surface area contributed by atoms with E-state index >= 15 is 0 Å². The monoisotopic (exact) mass is 280 g/mol. The van der Waals surface area contributed by atoms with Crippen molar-refractivity contribution in [3.63, 3.8) is 0 Å². The van der Waals surface area contributed by atoms with Gasteiger partial charge in [0.15, 0.2) is 0 Å². The van der Waals surface area contributed by atoms with E-state index in [0.717, 1.165) is 6.42 Å². The minimum atomic E-state index is -1.26. The van der Waals surface area contributed by atoms with Gasteiger partial charge in [0, 0.05) is 0 Å². The van der Waals surface area contributed by atoms with E-state index in [1.807, 2.05) is 13.0 Å². The van der Waals surface area contributed by atoms with Crippen LogP contribution < -0.4 is 4.74 Å². The maximum absolute atomic E-state index is 11.2. The van der Waals surface area contributed by atoms with Crippen molar-refractivity contribution in [3.05, 3.63) is 30.3 Å². The Bertz CT molecular complexity index is 408. The van der Waals surface area contributed by atoms with Gasteiger partial charge >= 0.3 is 5.97 Å². The molecule has 0 radical (unpaired) electrons. The Morgan fingerprint density at radius 3 is 2.35 bits per heavy atom. The SMILES string of the molecule is CC(COC(Oc1ccccc1)C(=O)O)CC(C)(C)C. The Hall–Kier alpha value is -1.55. The zero-order chi connectivity index (χ0) is 15.2. The van der Waals surface area contributed by atoms with E-state index in [9.17, 15) is 4.79 Å². The molecule has 1 rings (SSSR count). The number of hydrogen-bond donors (Lipinski definition) is 1. The average molecular weight is 280 g/mol. The fourth-order valence-electron chi connectivity index (χ4n) is 2.13. The third-order valence-electron chi connectivity index (χ3n) is 2.68. The van der Waals surface area contributed by atoms with Gasteiger partial charge in [0.2, 0.25) is 0 Å². The zero-order valence-corrected chi connectivity index (χ0v) is 12.6. The molecular weight excluding hydrogens is 256 g/mol. The van der Waals surface area contributed by atoms with Crippen LogP contribution in [0.5, 0.6) is 5.75 Å². The summed E-state index contributed by atoms with van der Waals surface area (Å²) in [6.07, 6.45) is -0.301. The summed E-state index contributed by atoms with van der Waals surface area (Å²) in [6, 6.07) is 8.83. The Labute approximate surface area is 120 Å². The molecule has 0 aromatic heterocycles. The fraction of sp³-hybridized carbons (Fsp3) is 0.562. The van der Waals surface area contributed by atoms with E-state index in [-0.39, 0.29) is 11.3 Å². The van der Waals surface area contributed by atoms with Crippen molar-refractivity contribution in [1.29, 1.82) is 0 Å². The summed E-state index contributed by atoms with van der Waals surface area (Å²) >= 11 is 0. The van der Waals surface area contributed by atoms with Crippen molar-refractivity contribution < 1.29 is 19.4 Å². The predicted octanol–water partition coefficient (Wildman–Crippen LogP) is 3.57. The van der Waals surface area contributed by atoms with E-state index in [1.54, 1.807) is 24.3 Å². The summed E-state index contributed by atoms with van der Waals surface area (Å²) in [7, 11) is 0. The molecule has 0 fully saturated rings. The first kappa shape index (κ1) is 16.5. The summed E-state index contributed by atoms with van der Waals surface area (Å²) in [5.74, 6) is -0.351. The van der Waals surface area contributed by atoms with Gasteiger partial charge in [-0.1, -0.05) is 45.9 Å². The molecule has 1 aromatic carbocycles. The predicted molar refractivity (Wildman–Crippen MR) is 77.7 cm³/mol. The Balaban J connectivity index is 2.50. The number of carboxylic acids is 1. The molecule has 0 aliphatic heterocycles. The van der Waals surface area contributed by atoms with Crippen LogP contribution in [0, 0.1) is 11.3 Å². The highest BCUT2D eigenvalue weighted by atomic mass is 16.7. The van der Waals surface area contributed by atoms with Crippen LogP contribution in [0.4, 0.5) is 0 Å². The highest BCUT2D eigenvalue weighted by Gasteiger charge is 2.22. The summed E-state index contributed by atoms with van der Waals surface area (Å²) < 4.78 is 10.7. The van der Waals surface area contributed by atoms with Crippen molar-refractivity contribution in [2.75, 3.05) is 6.61 Å². The molecule has 112 valence electrons.